The summed E-state index contributed by atoms with van der Waals surface area (Å²) in [6, 6.07) is 13.0. The Kier molecular flexibility index (Phi) is 7.65. The van der Waals surface area contributed by atoms with Crippen LogP contribution in [0.3, 0.4) is 0 Å². The van der Waals surface area contributed by atoms with Crippen LogP contribution < -0.4 is 5.32 Å². The van der Waals surface area contributed by atoms with Crippen molar-refractivity contribution in [3.05, 3.63) is 107 Å². The quantitative estimate of drug-likeness (QED) is 0.364. The van der Waals surface area contributed by atoms with Crippen LogP contribution in [0, 0.1) is 13.8 Å². The second-order valence-electron chi connectivity index (χ2n) is 9.56. The fraction of sp³-hybridized carbons (Fsp3) is 0.345. The molecule has 1 aliphatic rings. The molecule has 0 radical (unpaired) electrons. The third-order valence-corrected chi connectivity index (χ3v) is 7.05. The molecule has 0 saturated heterocycles. The van der Waals surface area contributed by atoms with Crippen molar-refractivity contribution in [2.45, 2.75) is 58.7 Å². The molecule has 3 aromatic heterocycles. The smallest absolute Gasteiger partial charge is 0.255 e. The average Bonchev–Trinajstić information content (AvgIpc) is 3.44. The molecule has 190 valence electrons. The highest BCUT2D eigenvalue weighted by molar-refractivity contribution is 5.96. The van der Waals surface area contributed by atoms with Crippen LogP contribution >= 0.6 is 0 Å². The maximum absolute atomic E-state index is 12.7. The highest BCUT2D eigenvalue weighted by atomic mass is 16.3. The molecule has 0 saturated carbocycles. The fourth-order valence-electron chi connectivity index (χ4n) is 5.09. The minimum Gasteiger partial charge on any atom is -0.448 e. The molecule has 0 spiro atoms. The molecular weight excluding hydrogens is 464 g/mol. The van der Waals surface area contributed by atoms with E-state index in [9.17, 15) is 4.79 Å². The molecule has 1 amide bonds. The third kappa shape index (κ3) is 5.91. The van der Waals surface area contributed by atoms with E-state index in [0.717, 1.165) is 50.1 Å². The van der Waals surface area contributed by atoms with Gasteiger partial charge in [0.2, 0.25) is 0 Å². The summed E-state index contributed by atoms with van der Waals surface area (Å²) in [6.07, 6.45) is 10.8. The second kappa shape index (κ2) is 11.4. The van der Waals surface area contributed by atoms with Gasteiger partial charge in [-0.1, -0.05) is 30.3 Å². The van der Waals surface area contributed by atoms with E-state index in [4.69, 9.17) is 9.40 Å². The van der Waals surface area contributed by atoms with Gasteiger partial charge in [-0.05, 0) is 55.9 Å². The van der Waals surface area contributed by atoms with E-state index in [-0.39, 0.29) is 11.9 Å². The van der Waals surface area contributed by atoms with Crippen LogP contribution in [0.5, 0.6) is 0 Å². The zero-order valence-electron chi connectivity index (χ0n) is 21.4. The summed E-state index contributed by atoms with van der Waals surface area (Å²) >= 11 is 0. The first kappa shape index (κ1) is 24.8. The maximum Gasteiger partial charge on any atom is 0.255 e. The molecule has 1 unspecified atom stereocenters. The van der Waals surface area contributed by atoms with Gasteiger partial charge in [-0.3, -0.25) is 14.7 Å². The Morgan fingerprint density at radius 3 is 2.62 bits per heavy atom. The molecule has 0 bridgehead atoms. The Balaban J connectivity index is 1.27. The largest absolute Gasteiger partial charge is 0.448 e. The lowest BCUT2D eigenvalue weighted by molar-refractivity contribution is 0.0948. The standard InChI is InChI=1S/C29H32N6O2/c1-20-27(21(2)34-18-33-20)29(36)32-15-22-8-10-23(11-9-22)17-35(14-12-25-16-30-19-37-25)26-7-3-5-24-6-4-13-31-28(24)26/h4,6,8-11,13,16,18-19,26H,3,5,7,12,14-15,17H2,1-2H3,(H,32,36). The van der Waals surface area contributed by atoms with Crippen molar-refractivity contribution >= 4 is 5.91 Å². The van der Waals surface area contributed by atoms with Crippen LogP contribution in [-0.2, 0) is 25.9 Å². The number of benzene rings is 1. The van der Waals surface area contributed by atoms with Crippen molar-refractivity contribution in [1.82, 2.24) is 30.2 Å². The van der Waals surface area contributed by atoms with Gasteiger partial charge in [0.05, 0.1) is 34.9 Å². The Bertz CT molecular complexity index is 1320. The molecule has 1 atom stereocenters. The van der Waals surface area contributed by atoms with Gasteiger partial charge in [0.1, 0.15) is 12.1 Å². The highest BCUT2D eigenvalue weighted by Gasteiger charge is 2.27. The zero-order chi connectivity index (χ0) is 25.6. The summed E-state index contributed by atoms with van der Waals surface area (Å²) < 4.78 is 5.50. The van der Waals surface area contributed by atoms with Crippen LogP contribution in [0.4, 0.5) is 0 Å². The van der Waals surface area contributed by atoms with Gasteiger partial charge < -0.3 is 9.73 Å². The van der Waals surface area contributed by atoms with E-state index in [0.29, 0.717) is 23.5 Å². The normalized spacial score (nSPS) is 14.9. The zero-order valence-corrected chi connectivity index (χ0v) is 21.4. The summed E-state index contributed by atoms with van der Waals surface area (Å²) in [4.78, 5) is 32.3. The number of amides is 1. The molecule has 1 aliphatic carbocycles. The van der Waals surface area contributed by atoms with Crippen molar-refractivity contribution in [1.29, 1.82) is 0 Å². The minimum atomic E-state index is -0.151. The molecule has 3 heterocycles. The topological polar surface area (TPSA) is 97.0 Å². The van der Waals surface area contributed by atoms with E-state index in [1.165, 1.54) is 29.5 Å². The first-order chi connectivity index (χ1) is 18.1. The number of pyridine rings is 1. The Morgan fingerprint density at radius 1 is 1.08 bits per heavy atom. The summed E-state index contributed by atoms with van der Waals surface area (Å²) in [5.41, 5.74) is 6.72. The van der Waals surface area contributed by atoms with Gasteiger partial charge in [-0.25, -0.2) is 15.0 Å². The summed E-state index contributed by atoms with van der Waals surface area (Å²) in [6.45, 7) is 5.76. The molecule has 8 heteroatoms. The SMILES string of the molecule is Cc1ncnc(C)c1C(=O)NCc1ccc(CN(CCc2cnco2)C2CCCc3cccnc32)cc1. The molecule has 0 fully saturated rings. The third-order valence-electron chi connectivity index (χ3n) is 7.05. The number of aromatic nitrogens is 4. The maximum atomic E-state index is 12.7. The number of carbonyl (C=O) groups is 1. The van der Waals surface area contributed by atoms with E-state index in [2.05, 4.69) is 55.5 Å². The van der Waals surface area contributed by atoms with Crippen molar-refractivity contribution in [3.8, 4) is 0 Å². The van der Waals surface area contributed by atoms with Gasteiger partial charge in [-0.15, -0.1) is 0 Å². The Labute approximate surface area is 217 Å². The van der Waals surface area contributed by atoms with Crippen molar-refractivity contribution in [3.63, 3.8) is 0 Å². The lowest BCUT2D eigenvalue weighted by Crippen LogP contribution is -2.33. The van der Waals surface area contributed by atoms with Crippen LogP contribution in [0.1, 0.15) is 68.8 Å². The second-order valence-corrected chi connectivity index (χ2v) is 9.56. The van der Waals surface area contributed by atoms with Crippen LogP contribution in [0.2, 0.25) is 0 Å². The van der Waals surface area contributed by atoms with Crippen molar-refractivity contribution in [2.75, 3.05) is 6.54 Å². The van der Waals surface area contributed by atoms with E-state index < -0.39 is 0 Å². The van der Waals surface area contributed by atoms with Gasteiger partial charge in [-0.2, -0.15) is 0 Å². The predicted octanol–water partition coefficient (Wildman–Crippen LogP) is 4.53. The number of rotatable bonds is 9. The molecule has 5 rings (SSSR count). The van der Waals surface area contributed by atoms with Crippen molar-refractivity contribution in [2.24, 2.45) is 0 Å². The summed E-state index contributed by atoms with van der Waals surface area (Å²) in [5.74, 6) is 0.740. The van der Waals surface area contributed by atoms with E-state index >= 15 is 0 Å². The Morgan fingerprint density at radius 2 is 1.86 bits per heavy atom. The molecule has 1 aromatic carbocycles. The number of nitrogens with one attached hydrogen (secondary N) is 1. The molecule has 37 heavy (non-hydrogen) atoms. The number of nitrogens with zero attached hydrogens (tertiary/aromatic N) is 5. The lowest BCUT2D eigenvalue weighted by atomic mass is 9.90. The first-order valence-corrected chi connectivity index (χ1v) is 12.8. The van der Waals surface area contributed by atoms with Crippen LogP contribution in [-0.4, -0.2) is 37.3 Å². The summed E-state index contributed by atoms with van der Waals surface area (Å²) in [5, 5.41) is 3.00. The Hall–Kier alpha value is -3.91. The summed E-state index contributed by atoms with van der Waals surface area (Å²) in [7, 11) is 0. The number of oxazole rings is 1. The van der Waals surface area contributed by atoms with Crippen LogP contribution in [0.25, 0.3) is 0 Å². The van der Waals surface area contributed by atoms with Gasteiger partial charge >= 0.3 is 0 Å². The number of aryl methyl sites for hydroxylation is 3. The van der Waals surface area contributed by atoms with E-state index in [1.54, 1.807) is 6.20 Å². The molecule has 0 aliphatic heterocycles. The average molecular weight is 497 g/mol. The van der Waals surface area contributed by atoms with Crippen LogP contribution in [0.15, 0.2) is 65.9 Å². The fourth-order valence-corrected chi connectivity index (χ4v) is 5.09. The van der Waals surface area contributed by atoms with E-state index in [1.807, 2.05) is 26.1 Å². The number of hydrogen-bond acceptors (Lipinski definition) is 7. The minimum absolute atomic E-state index is 0.151. The molecule has 1 N–H and O–H groups in total. The van der Waals surface area contributed by atoms with Gasteiger partial charge in [0.25, 0.3) is 5.91 Å². The number of carbonyl (C=O) groups excluding carboxylic acids is 1. The van der Waals surface area contributed by atoms with Gasteiger partial charge in [0.15, 0.2) is 6.39 Å². The van der Waals surface area contributed by atoms with Crippen molar-refractivity contribution < 1.29 is 9.21 Å². The monoisotopic (exact) mass is 496 g/mol. The number of fused-ring (bicyclic) bond motifs is 1. The predicted molar refractivity (Wildman–Crippen MR) is 140 cm³/mol. The molecular formula is C29H32N6O2. The first-order valence-electron chi connectivity index (χ1n) is 12.8. The number of hydrogen-bond donors (Lipinski definition) is 1. The van der Waals surface area contributed by atoms with Gasteiger partial charge in [0, 0.05) is 32.3 Å². The molecule has 4 aromatic rings. The highest BCUT2D eigenvalue weighted by Crippen LogP contribution is 2.34. The lowest BCUT2D eigenvalue weighted by Gasteiger charge is -2.35. The molecule has 8 nitrogen and oxygen atoms in total.